The van der Waals surface area contributed by atoms with E-state index in [-0.39, 0.29) is 16.5 Å². The molecule has 0 saturated heterocycles. The van der Waals surface area contributed by atoms with Gasteiger partial charge in [-0.1, -0.05) is 42.7 Å². The molecule has 0 spiro atoms. The van der Waals surface area contributed by atoms with Gasteiger partial charge < -0.3 is 0 Å². The van der Waals surface area contributed by atoms with Crippen LogP contribution in [0.25, 0.3) is 5.69 Å². The number of unbranched alkanes of at least 4 members (excludes halogenated alkanes) is 2. The van der Waals surface area contributed by atoms with E-state index in [1.165, 1.54) is 28.2 Å². The van der Waals surface area contributed by atoms with Crippen LogP contribution < -0.4 is 5.32 Å². The fourth-order valence-corrected chi connectivity index (χ4v) is 3.74. The first-order valence-corrected chi connectivity index (χ1v) is 9.83. The molecule has 0 bridgehead atoms. The van der Waals surface area contributed by atoms with Crippen LogP contribution in [0.3, 0.4) is 0 Å². The number of halogens is 2. The smallest absolute Gasteiger partial charge is 0.262 e. The fraction of sp³-hybridized carbons (Fsp3) is 0.333. The van der Waals surface area contributed by atoms with Gasteiger partial charge in [0.2, 0.25) is 5.13 Å². The first-order valence-electron chi connectivity index (χ1n) is 8.64. The molecule has 0 aliphatic carbocycles. The van der Waals surface area contributed by atoms with E-state index in [1.807, 2.05) is 0 Å². The van der Waals surface area contributed by atoms with Gasteiger partial charge in [0.15, 0.2) is 0 Å². The van der Waals surface area contributed by atoms with Crippen LogP contribution in [-0.2, 0) is 6.42 Å². The summed E-state index contributed by atoms with van der Waals surface area (Å²) in [5, 5.41) is 16.6. The molecule has 2 heterocycles. The predicted molar refractivity (Wildman–Crippen MR) is 104 cm³/mol. The lowest BCUT2D eigenvalue weighted by atomic mass is 10.2. The van der Waals surface area contributed by atoms with Crippen LogP contribution >= 0.6 is 22.9 Å². The normalized spacial score (nSPS) is 11.0. The van der Waals surface area contributed by atoms with E-state index >= 15 is 0 Å². The Morgan fingerprint density at radius 1 is 1.26 bits per heavy atom. The highest BCUT2D eigenvalue weighted by molar-refractivity contribution is 7.15. The number of aromatic nitrogens is 4. The predicted octanol–water partition coefficient (Wildman–Crippen LogP) is 4.81. The van der Waals surface area contributed by atoms with Crippen LogP contribution in [0.15, 0.2) is 24.3 Å². The number of benzene rings is 1. The molecule has 0 saturated carbocycles. The summed E-state index contributed by atoms with van der Waals surface area (Å²) < 4.78 is 14.5. The highest BCUT2D eigenvalue weighted by Crippen LogP contribution is 2.25. The summed E-state index contributed by atoms with van der Waals surface area (Å²) in [5.41, 5.74) is 1.29. The standard InChI is InChI=1S/C18H19ClFN5OS/c1-3-4-5-6-14-22-23-18(27-14)21-17(26)15-11(2)24-25(16(15)19)13-9-7-12(20)8-10-13/h7-10H,3-6H2,1-2H3,(H,21,23,26). The van der Waals surface area contributed by atoms with Gasteiger partial charge in [0, 0.05) is 6.42 Å². The van der Waals surface area contributed by atoms with Gasteiger partial charge in [-0.05, 0) is 37.6 Å². The van der Waals surface area contributed by atoms with Crippen LogP contribution in [0.1, 0.15) is 47.2 Å². The highest BCUT2D eigenvalue weighted by Gasteiger charge is 2.22. The number of rotatable bonds is 7. The molecular formula is C18H19ClFN5OS. The van der Waals surface area contributed by atoms with E-state index in [1.54, 1.807) is 19.1 Å². The van der Waals surface area contributed by atoms with Crippen LogP contribution in [0.4, 0.5) is 9.52 Å². The minimum Gasteiger partial charge on any atom is -0.296 e. The average molecular weight is 408 g/mol. The molecule has 0 aliphatic rings. The van der Waals surface area contributed by atoms with Crippen molar-refractivity contribution < 1.29 is 9.18 Å². The maximum atomic E-state index is 13.1. The number of aryl methyl sites for hydroxylation is 2. The zero-order chi connectivity index (χ0) is 19.4. The second-order valence-electron chi connectivity index (χ2n) is 6.05. The molecule has 3 aromatic rings. The van der Waals surface area contributed by atoms with Crippen LogP contribution in [0.5, 0.6) is 0 Å². The molecule has 3 rings (SSSR count). The average Bonchev–Trinajstić information content (AvgIpc) is 3.20. The summed E-state index contributed by atoms with van der Waals surface area (Å²) in [6, 6.07) is 5.71. The first-order chi connectivity index (χ1) is 13.0. The number of anilines is 1. The van der Waals surface area contributed by atoms with Gasteiger partial charge in [-0.15, -0.1) is 10.2 Å². The largest absolute Gasteiger partial charge is 0.296 e. The Morgan fingerprint density at radius 3 is 2.70 bits per heavy atom. The van der Waals surface area contributed by atoms with E-state index in [2.05, 4.69) is 27.5 Å². The Labute approximate surface area is 165 Å². The third kappa shape index (κ3) is 4.51. The van der Waals surface area contributed by atoms with Crippen molar-refractivity contribution in [2.24, 2.45) is 0 Å². The molecule has 2 aromatic heterocycles. The second kappa shape index (κ2) is 8.58. The topological polar surface area (TPSA) is 72.7 Å². The van der Waals surface area contributed by atoms with Crippen molar-refractivity contribution in [1.82, 2.24) is 20.0 Å². The maximum absolute atomic E-state index is 13.1. The van der Waals surface area contributed by atoms with Gasteiger partial charge >= 0.3 is 0 Å². The molecule has 0 aliphatic heterocycles. The number of hydrogen-bond acceptors (Lipinski definition) is 5. The minimum absolute atomic E-state index is 0.157. The van der Waals surface area contributed by atoms with E-state index in [9.17, 15) is 9.18 Å². The number of nitrogens with one attached hydrogen (secondary N) is 1. The van der Waals surface area contributed by atoms with E-state index < -0.39 is 5.91 Å². The lowest BCUT2D eigenvalue weighted by Gasteiger charge is -2.03. The minimum atomic E-state index is -0.401. The molecule has 0 atom stereocenters. The van der Waals surface area contributed by atoms with E-state index in [0.717, 1.165) is 30.7 Å². The summed E-state index contributed by atoms with van der Waals surface area (Å²) in [7, 11) is 0. The third-order valence-corrected chi connectivity index (χ3v) is 5.23. The number of nitrogens with zero attached hydrogens (tertiary/aromatic N) is 4. The third-order valence-electron chi connectivity index (χ3n) is 3.98. The number of amides is 1. The van der Waals surface area contributed by atoms with Crippen molar-refractivity contribution in [3.63, 3.8) is 0 Å². The van der Waals surface area contributed by atoms with E-state index in [4.69, 9.17) is 11.6 Å². The zero-order valence-electron chi connectivity index (χ0n) is 15.0. The summed E-state index contributed by atoms with van der Waals surface area (Å²) >= 11 is 7.72. The van der Waals surface area contributed by atoms with Gasteiger partial charge in [-0.25, -0.2) is 9.07 Å². The number of carbonyl (C=O) groups is 1. The SMILES string of the molecule is CCCCCc1nnc(NC(=O)c2c(C)nn(-c3ccc(F)cc3)c2Cl)s1. The molecule has 0 fully saturated rings. The van der Waals surface area contributed by atoms with Crippen molar-refractivity contribution in [3.05, 3.63) is 51.5 Å². The van der Waals surface area contributed by atoms with Crippen LogP contribution in [0, 0.1) is 12.7 Å². The molecule has 27 heavy (non-hydrogen) atoms. The van der Waals surface area contributed by atoms with Gasteiger partial charge in [0.25, 0.3) is 5.91 Å². The first kappa shape index (κ1) is 19.4. The summed E-state index contributed by atoms with van der Waals surface area (Å²) in [4.78, 5) is 12.7. The Hall–Kier alpha value is -2.32. The molecule has 1 amide bonds. The molecule has 0 unspecified atom stereocenters. The van der Waals surface area contributed by atoms with Crippen molar-refractivity contribution in [1.29, 1.82) is 0 Å². The molecular weight excluding hydrogens is 389 g/mol. The van der Waals surface area contributed by atoms with Gasteiger partial charge in [0.1, 0.15) is 21.5 Å². The lowest BCUT2D eigenvalue weighted by molar-refractivity contribution is 0.102. The Morgan fingerprint density at radius 2 is 2.00 bits per heavy atom. The monoisotopic (exact) mass is 407 g/mol. The Bertz CT molecular complexity index is 938. The summed E-state index contributed by atoms with van der Waals surface area (Å²) in [5.74, 6) is -0.759. The Kier molecular flexibility index (Phi) is 6.18. The van der Waals surface area contributed by atoms with Crippen molar-refractivity contribution >= 4 is 34.0 Å². The van der Waals surface area contributed by atoms with Crippen molar-refractivity contribution in [2.75, 3.05) is 5.32 Å². The van der Waals surface area contributed by atoms with Crippen molar-refractivity contribution in [2.45, 2.75) is 39.5 Å². The molecule has 6 nitrogen and oxygen atoms in total. The van der Waals surface area contributed by atoms with Gasteiger partial charge in [-0.2, -0.15) is 5.10 Å². The molecule has 1 N–H and O–H groups in total. The Balaban J connectivity index is 1.76. The summed E-state index contributed by atoms with van der Waals surface area (Å²) in [6.07, 6.45) is 4.18. The second-order valence-corrected chi connectivity index (χ2v) is 7.47. The molecule has 142 valence electrons. The fourth-order valence-electron chi connectivity index (χ4n) is 2.60. The molecule has 0 radical (unpaired) electrons. The lowest BCUT2D eigenvalue weighted by Crippen LogP contribution is -2.13. The van der Waals surface area contributed by atoms with Crippen LogP contribution in [0.2, 0.25) is 5.15 Å². The van der Waals surface area contributed by atoms with Crippen LogP contribution in [-0.4, -0.2) is 25.9 Å². The van der Waals surface area contributed by atoms with E-state index in [0.29, 0.717) is 16.5 Å². The zero-order valence-corrected chi connectivity index (χ0v) is 16.6. The van der Waals surface area contributed by atoms with Crippen molar-refractivity contribution in [3.8, 4) is 5.69 Å². The number of carbonyl (C=O) groups excluding carboxylic acids is 1. The molecule has 9 heteroatoms. The quantitative estimate of drug-likeness (QED) is 0.570. The summed E-state index contributed by atoms with van der Waals surface area (Å²) in [6.45, 7) is 3.83. The molecule has 1 aromatic carbocycles. The maximum Gasteiger partial charge on any atom is 0.262 e. The van der Waals surface area contributed by atoms with Gasteiger partial charge in [-0.3, -0.25) is 10.1 Å². The number of hydrogen-bond donors (Lipinski definition) is 1. The highest BCUT2D eigenvalue weighted by atomic mass is 35.5. The van der Waals surface area contributed by atoms with Gasteiger partial charge in [0.05, 0.1) is 11.4 Å².